The number of carbonyl (C=O) groups excluding carboxylic acids is 1. The first-order valence-electron chi connectivity index (χ1n) is 12.0. The molecule has 0 bridgehead atoms. The Hall–Kier alpha value is -1.33. The van der Waals surface area contributed by atoms with E-state index < -0.39 is 18.3 Å². The van der Waals surface area contributed by atoms with Crippen molar-refractivity contribution in [3.8, 4) is 0 Å². The van der Waals surface area contributed by atoms with Gasteiger partial charge in [0, 0.05) is 18.7 Å². The normalized spacial score (nSPS) is 17.3. The molecule has 168 valence electrons. The molecule has 5 heteroatoms. The van der Waals surface area contributed by atoms with E-state index in [4.69, 9.17) is 9.31 Å². The lowest BCUT2D eigenvalue weighted by atomic mass is 9.75. The van der Waals surface area contributed by atoms with Crippen LogP contribution in [0, 0.1) is 0 Å². The molecule has 1 aliphatic rings. The highest BCUT2D eigenvalue weighted by Gasteiger charge is 2.52. The summed E-state index contributed by atoms with van der Waals surface area (Å²) in [5, 5.41) is 0. The Labute approximate surface area is 184 Å². The van der Waals surface area contributed by atoms with Crippen LogP contribution in [0.4, 0.5) is 0 Å². The summed E-state index contributed by atoms with van der Waals surface area (Å²) in [6.07, 6.45) is 9.33. The number of carbonyl (C=O) groups is 1. The Bertz CT molecular complexity index is 646. The third-order valence-corrected chi connectivity index (χ3v) is 6.55. The van der Waals surface area contributed by atoms with Gasteiger partial charge >= 0.3 is 7.12 Å². The molecule has 4 nitrogen and oxygen atoms in total. The van der Waals surface area contributed by atoms with Gasteiger partial charge in [-0.25, -0.2) is 0 Å². The number of hydrogen-bond donors (Lipinski definition) is 0. The van der Waals surface area contributed by atoms with Crippen molar-refractivity contribution in [3.05, 3.63) is 29.8 Å². The first kappa shape index (κ1) is 24.9. The van der Waals surface area contributed by atoms with Crippen molar-refractivity contribution in [1.29, 1.82) is 0 Å². The molecule has 0 spiro atoms. The van der Waals surface area contributed by atoms with Gasteiger partial charge in [0.2, 0.25) is 0 Å². The average molecular weight is 415 g/mol. The van der Waals surface area contributed by atoms with Gasteiger partial charge in [0.15, 0.2) is 0 Å². The van der Waals surface area contributed by atoms with Crippen LogP contribution in [0.2, 0.25) is 0 Å². The van der Waals surface area contributed by atoms with Gasteiger partial charge < -0.3 is 14.2 Å². The summed E-state index contributed by atoms with van der Waals surface area (Å²) in [5.41, 5.74) is 0.706. The molecule has 1 heterocycles. The van der Waals surface area contributed by atoms with E-state index in [-0.39, 0.29) is 5.91 Å². The molecule has 0 aromatic heterocycles. The molecule has 1 saturated heterocycles. The molecular formula is C25H42BNO3. The molecule has 1 aromatic rings. The highest BCUT2D eigenvalue weighted by atomic mass is 16.7. The zero-order chi connectivity index (χ0) is 22.2. The fourth-order valence-electron chi connectivity index (χ4n) is 3.81. The second-order valence-electron chi connectivity index (χ2n) is 9.59. The molecule has 0 aliphatic carbocycles. The van der Waals surface area contributed by atoms with Crippen LogP contribution in [-0.4, -0.2) is 42.2 Å². The number of unbranched alkanes of at least 4 members (excludes halogenated alkanes) is 6. The highest BCUT2D eigenvalue weighted by Crippen LogP contribution is 2.36. The minimum atomic E-state index is -0.516. The van der Waals surface area contributed by atoms with Gasteiger partial charge in [0.25, 0.3) is 5.91 Å². The summed E-state index contributed by atoms with van der Waals surface area (Å²) in [6, 6.07) is 7.80. The van der Waals surface area contributed by atoms with Crippen LogP contribution in [0.1, 0.15) is 103 Å². The van der Waals surface area contributed by atoms with E-state index in [0.29, 0.717) is 5.56 Å². The second-order valence-corrected chi connectivity index (χ2v) is 9.59. The van der Waals surface area contributed by atoms with E-state index in [1.165, 1.54) is 38.5 Å². The number of amides is 1. The smallest absolute Gasteiger partial charge is 0.399 e. The second kappa shape index (κ2) is 11.3. The molecule has 0 saturated carbocycles. The maximum absolute atomic E-state index is 13.6. The number of nitrogens with zero attached hydrogens (tertiary/aromatic N) is 1. The van der Waals surface area contributed by atoms with Crippen LogP contribution < -0.4 is 5.46 Å². The molecule has 30 heavy (non-hydrogen) atoms. The molecule has 0 unspecified atom stereocenters. The topological polar surface area (TPSA) is 38.8 Å². The van der Waals surface area contributed by atoms with Crippen LogP contribution >= 0.6 is 0 Å². The number of rotatable bonds is 12. The van der Waals surface area contributed by atoms with Gasteiger partial charge in [0.1, 0.15) is 0 Å². The van der Waals surface area contributed by atoms with E-state index >= 15 is 0 Å². The molecule has 1 aromatic carbocycles. The Morgan fingerprint density at radius 1 is 0.833 bits per heavy atom. The monoisotopic (exact) mass is 415 g/mol. The molecule has 1 amide bonds. The van der Waals surface area contributed by atoms with Crippen LogP contribution in [0.15, 0.2) is 24.3 Å². The standard InChI is InChI=1S/C25H42BNO3/c1-7-9-11-15-19-27(20-16-12-10-8-2)23(28)21-17-13-14-18-22(21)26-29-24(3,4)25(5,6)30-26/h13-14,17-18H,7-12,15-16,19-20H2,1-6H3. The van der Waals surface area contributed by atoms with Gasteiger partial charge in [-0.2, -0.15) is 0 Å². The lowest BCUT2D eigenvalue weighted by Gasteiger charge is -2.32. The molecule has 1 aliphatic heterocycles. The summed E-state index contributed by atoms with van der Waals surface area (Å²) in [6.45, 7) is 14.3. The summed E-state index contributed by atoms with van der Waals surface area (Å²) < 4.78 is 12.5. The zero-order valence-electron chi connectivity index (χ0n) is 20.1. The fourth-order valence-corrected chi connectivity index (χ4v) is 3.81. The Balaban J connectivity index is 2.18. The number of hydrogen-bond acceptors (Lipinski definition) is 3. The van der Waals surface area contributed by atoms with Crippen LogP contribution in [0.5, 0.6) is 0 Å². The average Bonchev–Trinajstić information content (AvgIpc) is 2.93. The maximum atomic E-state index is 13.6. The van der Waals surface area contributed by atoms with Crippen molar-refractivity contribution in [2.24, 2.45) is 0 Å². The van der Waals surface area contributed by atoms with E-state index in [1.807, 2.05) is 52.0 Å². The zero-order valence-corrected chi connectivity index (χ0v) is 20.1. The molecule has 1 fully saturated rings. The Morgan fingerprint density at radius 2 is 1.33 bits per heavy atom. The van der Waals surface area contributed by atoms with Crippen molar-refractivity contribution < 1.29 is 14.1 Å². The minimum absolute atomic E-state index is 0.105. The molecule has 0 radical (unpaired) electrons. The molecular weight excluding hydrogens is 373 g/mol. The predicted octanol–water partition coefficient (Wildman–Crippen LogP) is 5.59. The van der Waals surface area contributed by atoms with Gasteiger partial charge in [-0.1, -0.05) is 70.6 Å². The fraction of sp³-hybridized carbons (Fsp3) is 0.720. The highest BCUT2D eigenvalue weighted by molar-refractivity contribution is 6.63. The van der Waals surface area contributed by atoms with E-state index in [9.17, 15) is 4.79 Å². The Kier molecular flexibility index (Phi) is 9.43. The van der Waals surface area contributed by atoms with E-state index in [0.717, 1.165) is 31.4 Å². The van der Waals surface area contributed by atoms with Gasteiger partial charge in [-0.05, 0) is 52.1 Å². The largest absolute Gasteiger partial charge is 0.495 e. The number of benzene rings is 1. The first-order chi connectivity index (χ1) is 14.2. The van der Waals surface area contributed by atoms with Crippen LogP contribution in [0.3, 0.4) is 0 Å². The third kappa shape index (κ3) is 6.34. The summed E-state index contributed by atoms with van der Waals surface area (Å²) in [4.78, 5) is 15.6. The summed E-state index contributed by atoms with van der Waals surface area (Å²) in [7, 11) is -0.516. The quantitative estimate of drug-likeness (QED) is 0.330. The van der Waals surface area contributed by atoms with Crippen molar-refractivity contribution in [3.63, 3.8) is 0 Å². The summed E-state index contributed by atoms with van der Waals surface area (Å²) in [5.74, 6) is 0.105. The van der Waals surface area contributed by atoms with Gasteiger partial charge in [-0.3, -0.25) is 4.79 Å². The third-order valence-electron chi connectivity index (χ3n) is 6.55. The van der Waals surface area contributed by atoms with Crippen LogP contribution in [-0.2, 0) is 9.31 Å². The molecule has 2 rings (SSSR count). The summed E-state index contributed by atoms with van der Waals surface area (Å²) >= 11 is 0. The van der Waals surface area contributed by atoms with Gasteiger partial charge in [0.05, 0.1) is 11.2 Å². The lowest BCUT2D eigenvalue weighted by molar-refractivity contribution is 0.00578. The Morgan fingerprint density at radius 3 is 1.83 bits per heavy atom. The van der Waals surface area contributed by atoms with Crippen molar-refractivity contribution >= 4 is 18.5 Å². The van der Waals surface area contributed by atoms with Gasteiger partial charge in [-0.15, -0.1) is 0 Å². The first-order valence-corrected chi connectivity index (χ1v) is 12.0. The van der Waals surface area contributed by atoms with Crippen molar-refractivity contribution in [2.45, 2.75) is 104 Å². The van der Waals surface area contributed by atoms with E-state index in [2.05, 4.69) is 18.7 Å². The SMILES string of the molecule is CCCCCCN(CCCCCC)C(=O)c1ccccc1B1OC(C)(C)C(C)(C)O1. The lowest BCUT2D eigenvalue weighted by Crippen LogP contribution is -2.42. The van der Waals surface area contributed by atoms with Crippen molar-refractivity contribution in [1.82, 2.24) is 4.90 Å². The maximum Gasteiger partial charge on any atom is 0.495 e. The predicted molar refractivity (Wildman–Crippen MR) is 126 cm³/mol. The van der Waals surface area contributed by atoms with Crippen molar-refractivity contribution in [2.75, 3.05) is 13.1 Å². The molecule has 0 N–H and O–H groups in total. The van der Waals surface area contributed by atoms with Crippen LogP contribution in [0.25, 0.3) is 0 Å². The molecule has 0 atom stereocenters. The minimum Gasteiger partial charge on any atom is -0.399 e. The van der Waals surface area contributed by atoms with E-state index in [1.54, 1.807) is 0 Å².